The van der Waals surface area contributed by atoms with E-state index < -0.39 is 0 Å². The largest absolute Gasteiger partial charge is 0.384 e. The van der Waals surface area contributed by atoms with Gasteiger partial charge in [-0.15, -0.1) is 11.3 Å². The number of amides is 1. The fourth-order valence-corrected chi connectivity index (χ4v) is 4.39. The van der Waals surface area contributed by atoms with Gasteiger partial charge in [0.2, 0.25) is 5.91 Å². The van der Waals surface area contributed by atoms with Crippen LogP contribution in [0.2, 0.25) is 0 Å². The summed E-state index contributed by atoms with van der Waals surface area (Å²) in [5.74, 6) is -0.337. The molecule has 27 heavy (non-hydrogen) atoms. The number of unbranched alkanes of at least 4 members (excludes halogenated alkanes) is 3. The molecule has 0 saturated carbocycles. The zero-order valence-corrected chi connectivity index (χ0v) is 16.2. The predicted molar refractivity (Wildman–Crippen MR) is 112 cm³/mol. The van der Waals surface area contributed by atoms with Crippen molar-refractivity contribution in [2.24, 2.45) is 0 Å². The van der Waals surface area contributed by atoms with Crippen LogP contribution in [0.5, 0.6) is 0 Å². The number of hydrogen-bond donors (Lipinski definition) is 3. The summed E-state index contributed by atoms with van der Waals surface area (Å²) >= 11 is 1.66. The van der Waals surface area contributed by atoms with Gasteiger partial charge in [-0.05, 0) is 43.5 Å². The van der Waals surface area contributed by atoms with Crippen LogP contribution in [0.4, 0.5) is 5.69 Å². The van der Waals surface area contributed by atoms with E-state index in [-0.39, 0.29) is 11.3 Å². The Morgan fingerprint density at radius 2 is 1.85 bits per heavy atom. The molecule has 3 rings (SSSR count). The summed E-state index contributed by atoms with van der Waals surface area (Å²) in [7, 11) is 0. The van der Waals surface area contributed by atoms with Gasteiger partial charge in [0.15, 0.2) is 5.43 Å². The van der Waals surface area contributed by atoms with Gasteiger partial charge in [0.25, 0.3) is 0 Å². The summed E-state index contributed by atoms with van der Waals surface area (Å²) in [6.07, 6.45) is 3.99. The lowest BCUT2D eigenvalue weighted by Gasteiger charge is -2.12. The molecule has 0 aliphatic rings. The van der Waals surface area contributed by atoms with Gasteiger partial charge >= 0.3 is 0 Å². The summed E-state index contributed by atoms with van der Waals surface area (Å²) in [5.41, 5.74) is 3.74. The highest BCUT2D eigenvalue weighted by Gasteiger charge is 2.11. The first-order valence-electron chi connectivity index (χ1n) is 9.24. The molecule has 5 nitrogen and oxygen atoms in total. The van der Waals surface area contributed by atoms with E-state index in [0.717, 1.165) is 63.7 Å². The summed E-state index contributed by atoms with van der Waals surface area (Å²) in [6.45, 7) is 2.82. The maximum atomic E-state index is 13.0. The van der Waals surface area contributed by atoms with E-state index in [1.807, 2.05) is 37.3 Å². The zero-order valence-electron chi connectivity index (χ0n) is 15.4. The minimum Gasteiger partial charge on any atom is -0.384 e. The number of nitrogens with one attached hydrogen (secondary N) is 2. The maximum absolute atomic E-state index is 13.0. The van der Waals surface area contributed by atoms with Crippen molar-refractivity contribution in [3.8, 4) is 0 Å². The third-order valence-electron chi connectivity index (χ3n) is 4.70. The first-order valence-corrected chi connectivity index (χ1v) is 10.1. The second-order valence-corrected chi connectivity index (χ2v) is 7.74. The van der Waals surface area contributed by atoms with Crippen molar-refractivity contribution in [2.75, 3.05) is 11.9 Å². The summed E-state index contributed by atoms with van der Waals surface area (Å²) < 4.78 is 2.06. The smallest absolute Gasteiger partial charge is 0.243 e. The van der Waals surface area contributed by atoms with E-state index in [1.54, 1.807) is 16.8 Å². The molecule has 1 aromatic heterocycles. The SMILES string of the molecule is Cc1ccc(NCCCCCCC(=O)NO)c2c(=O)c3ccccc3sc12. The van der Waals surface area contributed by atoms with E-state index in [0.29, 0.717) is 6.42 Å². The highest BCUT2D eigenvalue weighted by molar-refractivity contribution is 7.24. The Hall–Kier alpha value is -2.44. The van der Waals surface area contributed by atoms with E-state index in [2.05, 4.69) is 11.4 Å². The fraction of sp³-hybridized carbons (Fsp3) is 0.333. The Labute approximate surface area is 162 Å². The van der Waals surface area contributed by atoms with E-state index in [1.165, 1.54) is 0 Å². The van der Waals surface area contributed by atoms with Gasteiger partial charge in [-0.3, -0.25) is 14.8 Å². The highest BCUT2D eigenvalue weighted by atomic mass is 32.1. The molecule has 0 atom stereocenters. The standard InChI is InChI=1S/C21H24N2O3S/c1-14-11-12-16(22-13-7-3-2-4-10-18(24)23-26)19-20(25)15-8-5-6-9-17(15)27-21(14)19/h5-6,8-9,11-12,22,26H,2-4,7,10,13H2,1H3,(H,23,24). The normalized spacial score (nSPS) is 11.0. The number of benzene rings is 2. The molecule has 0 saturated heterocycles. The molecule has 0 spiro atoms. The number of aryl methyl sites for hydroxylation is 1. The molecule has 0 bridgehead atoms. The first kappa shape index (κ1) is 19.3. The van der Waals surface area contributed by atoms with Crippen LogP contribution in [0, 0.1) is 6.92 Å². The van der Waals surface area contributed by atoms with Crippen molar-refractivity contribution in [3.63, 3.8) is 0 Å². The second-order valence-electron chi connectivity index (χ2n) is 6.69. The Balaban J connectivity index is 1.70. The first-order chi connectivity index (χ1) is 13.1. The van der Waals surface area contributed by atoms with Crippen LogP contribution in [0.1, 0.15) is 37.7 Å². The number of rotatable bonds is 8. The van der Waals surface area contributed by atoms with E-state index in [9.17, 15) is 9.59 Å². The van der Waals surface area contributed by atoms with Crippen molar-refractivity contribution in [2.45, 2.75) is 39.0 Å². The van der Waals surface area contributed by atoms with Crippen molar-refractivity contribution in [3.05, 3.63) is 52.2 Å². The number of carbonyl (C=O) groups is 1. The molecule has 0 fully saturated rings. The zero-order chi connectivity index (χ0) is 19.2. The monoisotopic (exact) mass is 384 g/mol. The number of fused-ring (bicyclic) bond motifs is 2. The van der Waals surface area contributed by atoms with Crippen LogP contribution < -0.4 is 16.2 Å². The summed E-state index contributed by atoms with van der Waals surface area (Å²) in [4.78, 5) is 24.0. The Morgan fingerprint density at radius 3 is 2.67 bits per heavy atom. The van der Waals surface area contributed by atoms with Gasteiger partial charge < -0.3 is 5.32 Å². The lowest BCUT2D eigenvalue weighted by atomic mass is 10.1. The van der Waals surface area contributed by atoms with E-state index >= 15 is 0 Å². The van der Waals surface area contributed by atoms with Crippen molar-refractivity contribution >= 4 is 43.1 Å². The third kappa shape index (κ3) is 4.46. The molecular formula is C21H24N2O3S. The number of carbonyl (C=O) groups excluding carboxylic acids is 1. The van der Waals surface area contributed by atoms with E-state index in [4.69, 9.17) is 5.21 Å². The molecule has 1 heterocycles. The molecule has 0 aliphatic heterocycles. The van der Waals surface area contributed by atoms with Crippen LogP contribution in [0.15, 0.2) is 41.2 Å². The van der Waals surface area contributed by atoms with Crippen molar-refractivity contribution in [1.82, 2.24) is 5.48 Å². The van der Waals surface area contributed by atoms with Crippen molar-refractivity contribution < 1.29 is 10.0 Å². The Morgan fingerprint density at radius 1 is 1.07 bits per heavy atom. The number of anilines is 1. The molecule has 3 N–H and O–H groups in total. The van der Waals surface area contributed by atoms with Crippen LogP contribution in [0.3, 0.4) is 0 Å². The Kier molecular flexibility index (Phi) is 6.42. The van der Waals surface area contributed by atoms with Crippen LogP contribution in [-0.4, -0.2) is 17.7 Å². The maximum Gasteiger partial charge on any atom is 0.243 e. The molecule has 1 amide bonds. The summed E-state index contributed by atoms with van der Waals surface area (Å²) in [5, 5.41) is 13.4. The van der Waals surface area contributed by atoms with Crippen LogP contribution in [-0.2, 0) is 4.79 Å². The van der Waals surface area contributed by atoms with Gasteiger partial charge in [0.1, 0.15) is 0 Å². The Bertz CT molecular complexity index is 1010. The number of hydrogen-bond acceptors (Lipinski definition) is 5. The molecule has 3 aromatic rings. The topological polar surface area (TPSA) is 78.4 Å². The minimum absolute atomic E-state index is 0.0839. The quantitative estimate of drug-likeness (QED) is 0.230. The lowest BCUT2D eigenvalue weighted by Crippen LogP contribution is -2.17. The molecule has 2 aromatic carbocycles. The predicted octanol–water partition coefficient (Wildman–Crippen LogP) is 4.59. The molecular weight excluding hydrogens is 360 g/mol. The molecule has 0 unspecified atom stereocenters. The van der Waals surface area contributed by atoms with Crippen molar-refractivity contribution in [1.29, 1.82) is 0 Å². The molecule has 0 aliphatic carbocycles. The molecule has 0 radical (unpaired) electrons. The average Bonchev–Trinajstić information content (AvgIpc) is 2.69. The van der Waals surface area contributed by atoms with Gasteiger partial charge in [0, 0.05) is 33.4 Å². The minimum atomic E-state index is -0.337. The summed E-state index contributed by atoms with van der Waals surface area (Å²) in [6, 6.07) is 11.8. The van der Waals surface area contributed by atoms with Gasteiger partial charge in [-0.25, -0.2) is 5.48 Å². The second kappa shape index (κ2) is 8.97. The lowest BCUT2D eigenvalue weighted by molar-refractivity contribution is -0.129. The van der Waals surface area contributed by atoms with Gasteiger partial charge in [0.05, 0.1) is 5.39 Å². The average molecular weight is 385 g/mol. The van der Waals surface area contributed by atoms with Crippen LogP contribution >= 0.6 is 11.3 Å². The number of hydroxylamine groups is 1. The van der Waals surface area contributed by atoms with Gasteiger partial charge in [-0.1, -0.05) is 31.0 Å². The third-order valence-corrected chi connectivity index (χ3v) is 6.00. The van der Waals surface area contributed by atoms with Crippen LogP contribution in [0.25, 0.3) is 20.2 Å². The van der Waals surface area contributed by atoms with Gasteiger partial charge in [-0.2, -0.15) is 0 Å². The fourth-order valence-electron chi connectivity index (χ4n) is 3.22. The molecule has 6 heteroatoms. The highest BCUT2D eigenvalue weighted by Crippen LogP contribution is 2.31. The molecule has 142 valence electrons.